The lowest BCUT2D eigenvalue weighted by Crippen LogP contribution is -2.14. The van der Waals surface area contributed by atoms with Gasteiger partial charge >= 0.3 is 0 Å². The van der Waals surface area contributed by atoms with Crippen LogP contribution >= 0.6 is 0 Å². The van der Waals surface area contributed by atoms with Gasteiger partial charge in [0, 0.05) is 6.42 Å². The largest absolute Gasteiger partial charge is 0.309 e. The van der Waals surface area contributed by atoms with E-state index in [1.807, 2.05) is 19.1 Å². The van der Waals surface area contributed by atoms with Crippen LogP contribution in [0.1, 0.15) is 28.1 Å². The second-order valence-corrected chi connectivity index (χ2v) is 4.28. The van der Waals surface area contributed by atoms with Gasteiger partial charge in [-0.25, -0.2) is 4.98 Å². The van der Waals surface area contributed by atoms with Gasteiger partial charge in [0.15, 0.2) is 0 Å². The summed E-state index contributed by atoms with van der Waals surface area (Å²) >= 11 is 0. The van der Waals surface area contributed by atoms with E-state index in [9.17, 15) is 4.79 Å². The van der Waals surface area contributed by atoms with Gasteiger partial charge < -0.3 is 4.98 Å². The topological polar surface area (TPSA) is 69.5 Å². The lowest BCUT2D eigenvalue weighted by molar-refractivity contribution is 0.938. The molecule has 0 aliphatic heterocycles. The van der Waals surface area contributed by atoms with E-state index in [0.717, 1.165) is 5.56 Å². The summed E-state index contributed by atoms with van der Waals surface area (Å²) in [6, 6.07) is 7.94. The Morgan fingerprint density at radius 1 is 1.33 bits per heavy atom. The van der Waals surface area contributed by atoms with Crippen molar-refractivity contribution in [3.63, 3.8) is 0 Å². The minimum Gasteiger partial charge on any atom is -0.309 e. The van der Waals surface area contributed by atoms with E-state index < -0.39 is 0 Å². The molecule has 4 heteroatoms. The molecular formula is C14H13N3O. The molecule has 18 heavy (non-hydrogen) atoms. The Morgan fingerprint density at radius 2 is 2.11 bits per heavy atom. The Balaban J connectivity index is 2.29. The number of hydrogen-bond donors (Lipinski definition) is 1. The van der Waals surface area contributed by atoms with Crippen LogP contribution in [-0.4, -0.2) is 9.97 Å². The Labute approximate surface area is 105 Å². The molecule has 2 aromatic rings. The third-order valence-electron chi connectivity index (χ3n) is 2.92. The van der Waals surface area contributed by atoms with Gasteiger partial charge in [-0.3, -0.25) is 4.79 Å². The van der Waals surface area contributed by atoms with E-state index in [2.05, 4.69) is 23.0 Å². The van der Waals surface area contributed by atoms with Crippen LogP contribution in [0.25, 0.3) is 0 Å². The van der Waals surface area contributed by atoms with Crippen molar-refractivity contribution in [1.82, 2.24) is 9.97 Å². The molecule has 0 radical (unpaired) electrons. The number of aromatic nitrogens is 2. The molecule has 0 aliphatic rings. The van der Waals surface area contributed by atoms with Gasteiger partial charge in [0.25, 0.3) is 5.56 Å². The highest BCUT2D eigenvalue weighted by molar-refractivity contribution is 5.31. The Morgan fingerprint density at radius 3 is 2.72 bits per heavy atom. The monoisotopic (exact) mass is 239 g/mol. The zero-order chi connectivity index (χ0) is 13.1. The molecule has 0 spiro atoms. The van der Waals surface area contributed by atoms with Crippen molar-refractivity contribution >= 4 is 0 Å². The predicted molar refractivity (Wildman–Crippen MR) is 68.3 cm³/mol. The molecule has 4 nitrogen and oxygen atoms in total. The molecule has 0 unspecified atom stereocenters. The molecule has 1 aromatic carbocycles. The zero-order valence-electron chi connectivity index (χ0n) is 10.3. The van der Waals surface area contributed by atoms with Gasteiger partial charge in [0.1, 0.15) is 17.5 Å². The number of aromatic amines is 1. The molecule has 1 aromatic heterocycles. The van der Waals surface area contributed by atoms with Gasteiger partial charge in [0.05, 0.1) is 6.20 Å². The van der Waals surface area contributed by atoms with Gasteiger partial charge in [-0.15, -0.1) is 0 Å². The van der Waals surface area contributed by atoms with Gasteiger partial charge in [-0.05, 0) is 30.5 Å². The molecule has 0 saturated carbocycles. The number of nitrogens with zero attached hydrogens (tertiary/aromatic N) is 2. The van der Waals surface area contributed by atoms with E-state index in [1.54, 1.807) is 6.07 Å². The van der Waals surface area contributed by atoms with Crippen LogP contribution in [0.15, 0.2) is 29.2 Å². The van der Waals surface area contributed by atoms with Crippen molar-refractivity contribution in [1.29, 1.82) is 5.26 Å². The van der Waals surface area contributed by atoms with E-state index in [-0.39, 0.29) is 11.1 Å². The summed E-state index contributed by atoms with van der Waals surface area (Å²) in [6.45, 7) is 4.11. The molecular weight excluding hydrogens is 226 g/mol. The summed E-state index contributed by atoms with van der Waals surface area (Å²) in [5.74, 6) is 0.572. The standard InChI is InChI=1S/C14H13N3O/c1-9-3-4-11(5-10(9)2)6-13-16-8-12(7-15)14(18)17-13/h3-5,8H,6H2,1-2H3,(H,16,17,18). The Hall–Kier alpha value is -2.41. The van der Waals surface area contributed by atoms with E-state index in [4.69, 9.17) is 5.26 Å². The number of rotatable bonds is 2. The fourth-order valence-electron chi connectivity index (χ4n) is 1.71. The first kappa shape index (κ1) is 12.1. The summed E-state index contributed by atoms with van der Waals surface area (Å²) < 4.78 is 0. The highest BCUT2D eigenvalue weighted by Gasteiger charge is 2.03. The van der Waals surface area contributed by atoms with E-state index in [0.29, 0.717) is 12.2 Å². The highest BCUT2D eigenvalue weighted by Crippen LogP contribution is 2.11. The van der Waals surface area contributed by atoms with Crippen molar-refractivity contribution < 1.29 is 0 Å². The lowest BCUT2D eigenvalue weighted by Gasteiger charge is -2.04. The highest BCUT2D eigenvalue weighted by atomic mass is 16.1. The average molecular weight is 239 g/mol. The van der Waals surface area contributed by atoms with Crippen LogP contribution < -0.4 is 5.56 Å². The molecule has 1 heterocycles. The van der Waals surface area contributed by atoms with Gasteiger partial charge in [-0.1, -0.05) is 18.2 Å². The van der Waals surface area contributed by atoms with E-state index >= 15 is 0 Å². The molecule has 2 rings (SSSR count). The fraction of sp³-hybridized carbons (Fsp3) is 0.214. The molecule has 0 fully saturated rings. The maximum absolute atomic E-state index is 11.5. The van der Waals surface area contributed by atoms with Crippen molar-refractivity contribution in [2.45, 2.75) is 20.3 Å². The van der Waals surface area contributed by atoms with Crippen molar-refractivity contribution in [2.75, 3.05) is 0 Å². The lowest BCUT2D eigenvalue weighted by atomic mass is 10.0. The van der Waals surface area contributed by atoms with Crippen molar-refractivity contribution in [3.8, 4) is 6.07 Å². The van der Waals surface area contributed by atoms with Crippen LogP contribution in [-0.2, 0) is 6.42 Å². The molecule has 1 N–H and O–H groups in total. The quantitative estimate of drug-likeness (QED) is 0.869. The third kappa shape index (κ3) is 2.46. The first-order chi connectivity index (χ1) is 8.60. The van der Waals surface area contributed by atoms with Crippen LogP contribution in [0.2, 0.25) is 0 Å². The Kier molecular flexibility index (Phi) is 3.24. The van der Waals surface area contributed by atoms with Crippen LogP contribution in [0.4, 0.5) is 0 Å². The molecule has 0 amide bonds. The number of aryl methyl sites for hydroxylation is 2. The number of nitriles is 1. The predicted octanol–water partition coefficient (Wildman–Crippen LogP) is 1.85. The van der Waals surface area contributed by atoms with Crippen LogP contribution in [0, 0.1) is 25.2 Å². The van der Waals surface area contributed by atoms with Crippen LogP contribution in [0.5, 0.6) is 0 Å². The smallest absolute Gasteiger partial charge is 0.268 e. The number of hydrogen-bond acceptors (Lipinski definition) is 3. The first-order valence-corrected chi connectivity index (χ1v) is 5.64. The second kappa shape index (κ2) is 4.84. The summed E-state index contributed by atoms with van der Waals surface area (Å²) in [6.07, 6.45) is 1.87. The molecule has 0 atom stereocenters. The zero-order valence-corrected chi connectivity index (χ0v) is 10.3. The maximum atomic E-state index is 11.5. The Bertz CT molecular complexity index is 680. The molecule has 0 saturated heterocycles. The van der Waals surface area contributed by atoms with Crippen molar-refractivity contribution in [2.24, 2.45) is 0 Å². The number of nitrogens with one attached hydrogen (secondary N) is 1. The molecule has 0 aliphatic carbocycles. The van der Waals surface area contributed by atoms with Crippen molar-refractivity contribution in [3.05, 3.63) is 62.8 Å². The normalized spacial score (nSPS) is 10.1. The fourth-order valence-corrected chi connectivity index (χ4v) is 1.71. The third-order valence-corrected chi connectivity index (χ3v) is 2.92. The minimum absolute atomic E-state index is 0.0406. The second-order valence-electron chi connectivity index (χ2n) is 4.28. The van der Waals surface area contributed by atoms with Crippen LogP contribution in [0.3, 0.4) is 0 Å². The van der Waals surface area contributed by atoms with E-state index in [1.165, 1.54) is 17.3 Å². The molecule has 0 bridgehead atoms. The number of benzene rings is 1. The summed E-state index contributed by atoms with van der Waals surface area (Å²) in [5, 5.41) is 8.66. The first-order valence-electron chi connectivity index (χ1n) is 5.64. The van der Waals surface area contributed by atoms with Gasteiger partial charge in [0.2, 0.25) is 0 Å². The summed E-state index contributed by atoms with van der Waals surface area (Å²) in [7, 11) is 0. The number of H-pyrrole nitrogens is 1. The average Bonchev–Trinajstić information content (AvgIpc) is 2.34. The summed E-state index contributed by atoms with van der Waals surface area (Å²) in [4.78, 5) is 18.2. The minimum atomic E-state index is -0.383. The SMILES string of the molecule is Cc1ccc(Cc2ncc(C#N)c(=O)[nH]2)cc1C. The van der Waals surface area contributed by atoms with Gasteiger partial charge in [-0.2, -0.15) is 5.26 Å². The molecule has 90 valence electrons. The maximum Gasteiger partial charge on any atom is 0.268 e. The summed E-state index contributed by atoms with van der Waals surface area (Å²) in [5.41, 5.74) is 3.19.